The van der Waals surface area contributed by atoms with Gasteiger partial charge in [-0.25, -0.2) is 4.79 Å². The average Bonchev–Trinajstić information content (AvgIpc) is 3.13. The molecule has 3 aromatic rings. The fraction of sp³-hybridized carbons (Fsp3) is 0.259. The van der Waals surface area contributed by atoms with Crippen LogP contribution in [0.15, 0.2) is 66.7 Å². The van der Waals surface area contributed by atoms with E-state index in [-0.39, 0.29) is 24.4 Å². The maximum Gasteiger partial charge on any atom is 0.344 e. The molecule has 158 valence electrons. The zero-order valence-electron chi connectivity index (χ0n) is 18.1. The second kappa shape index (κ2) is 8.38. The Morgan fingerprint density at radius 3 is 2.29 bits per heavy atom. The van der Waals surface area contributed by atoms with Crippen LogP contribution in [-0.2, 0) is 21.4 Å². The van der Waals surface area contributed by atoms with Gasteiger partial charge in [0.15, 0.2) is 19.0 Å². The first-order chi connectivity index (χ1) is 14.8. The third-order valence-corrected chi connectivity index (χ3v) is 5.56. The van der Waals surface area contributed by atoms with E-state index in [1.165, 1.54) is 16.7 Å². The molecule has 0 saturated heterocycles. The van der Waals surface area contributed by atoms with E-state index in [9.17, 15) is 9.59 Å². The van der Waals surface area contributed by atoms with E-state index >= 15 is 0 Å². The molecule has 0 bridgehead atoms. The number of carbonyl (C=O) groups excluding carboxylic acids is 2. The van der Waals surface area contributed by atoms with Crippen LogP contribution in [0.4, 0.5) is 0 Å². The summed E-state index contributed by atoms with van der Waals surface area (Å²) in [5, 5.41) is 0. The standard InChI is InChI=1S/C27H26O4/c1-27(2,3)21-10-12-22(13-11-21)30-17-26(29)31-16-25(28)20-9-8-19-14-18-6-4-5-7-23(18)24(19)15-20/h4-13,15H,14,16-17H2,1-3H3. The summed E-state index contributed by atoms with van der Waals surface area (Å²) >= 11 is 0. The number of hydrogen-bond acceptors (Lipinski definition) is 4. The predicted octanol–water partition coefficient (Wildman–Crippen LogP) is 5.36. The van der Waals surface area contributed by atoms with Gasteiger partial charge in [-0.15, -0.1) is 0 Å². The zero-order valence-corrected chi connectivity index (χ0v) is 18.1. The van der Waals surface area contributed by atoms with Gasteiger partial charge in [0.25, 0.3) is 0 Å². The zero-order chi connectivity index (χ0) is 22.0. The van der Waals surface area contributed by atoms with Gasteiger partial charge in [-0.3, -0.25) is 4.79 Å². The van der Waals surface area contributed by atoms with E-state index in [2.05, 4.69) is 32.9 Å². The molecule has 0 aromatic heterocycles. The van der Waals surface area contributed by atoms with Crippen molar-refractivity contribution in [2.24, 2.45) is 0 Å². The summed E-state index contributed by atoms with van der Waals surface area (Å²) in [5.41, 5.74) is 6.50. The largest absolute Gasteiger partial charge is 0.482 e. The van der Waals surface area contributed by atoms with Crippen molar-refractivity contribution in [3.8, 4) is 16.9 Å². The van der Waals surface area contributed by atoms with Crippen LogP contribution in [0.3, 0.4) is 0 Å². The van der Waals surface area contributed by atoms with Crippen molar-refractivity contribution in [3.63, 3.8) is 0 Å². The first kappa shape index (κ1) is 20.9. The number of esters is 1. The molecule has 0 heterocycles. The van der Waals surface area contributed by atoms with Gasteiger partial charge in [0.1, 0.15) is 5.75 Å². The molecule has 0 spiro atoms. The molecule has 1 aliphatic rings. The molecule has 0 saturated carbocycles. The number of ether oxygens (including phenoxy) is 2. The van der Waals surface area contributed by atoms with Gasteiger partial charge < -0.3 is 9.47 Å². The Bertz CT molecular complexity index is 1120. The smallest absolute Gasteiger partial charge is 0.344 e. The Hall–Kier alpha value is -3.40. The van der Waals surface area contributed by atoms with Gasteiger partial charge in [0.2, 0.25) is 0 Å². The lowest BCUT2D eigenvalue weighted by Crippen LogP contribution is -2.19. The van der Waals surface area contributed by atoms with E-state index in [1.807, 2.05) is 48.5 Å². The minimum Gasteiger partial charge on any atom is -0.482 e. The van der Waals surface area contributed by atoms with Crippen LogP contribution in [0.25, 0.3) is 11.1 Å². The molecule has 4 nitrogen and oxygen atoms in total. The highest BCUT2D eigenvalue weighted by Crippen LogP contribution is 2.36. The minimum absolute atomic E-state index is 0.0530. The summed E-state index contributed by atoms with van der Waals surface area (Å²) in [6, 6.07) is 21.5. The molecule has 0 radical (unpaired) electrons. The molecule has 4 heteroatoms. The molecule has 0 fully saturated rings. The maximum atomic E-state index is 12.5. The van der Waals surface area contributed by atoms with Gasteiger partial charge in [0, 0.05) is 5.56 Å². The molecule has 31 heavy (non-hydrogen) atoms. The normalized spacial score (nSPS) is 12.1. The highest BCUT2D eigenvalue weighted by molar-refractivity contribution is 5.99. The molecule has 0 atom stereocenters. The van der Waals surface area contributed by atoms with Crippen LogP contribution >= 0.6 is 0 Å². The van der Waals surface area contributed by atoms with E-state index < -0.39 is 5.97 Å². The maximum absolute atomic E-state index is 12.5. The van der Waals surface area contributed by atoms with Gasteiger partial charge in [-0.2, -0.15) is 0 Å². The van der Waals surface area contributed by atoms with Crippen LogP contribution in [0.5, 0.6) is 5.75 Å². The van der Waals surface area contributed by atoms with Gasteiger partial charge in [0.05, 0.1) is 0 Å². The van der Waals surface area contributed by atoms with Crippen LogP contribution in [0.2, 0.25) is 0 Å². The third-order valence-electron chi connectivity index (χ3n) is 5.56. The summed E-state index contributed by atoms with van der Waals surface area (Å²) in [7, 11) is 0. The second-order valence-corrected chi connectivity index (χ2v) is 8.85. The average molecular weight is 415 g/mol. The topological polar surface area (TPSA) is 52.6 Å². The Balaban J connectivity index is 1.31. The first-order valence-corrected chi connectivity index (χ1v) is 10.4. The molecule has 1 aliphatic carbocycles. The van der Waals surface area contributed by atoms with Crippen LogP contribution < -0.4 is 4.74 Å². The molecular weight excluding hydrogens is 388 g/mol. The SMILES string of the molecule is CC(C)(C)c1ccc(OCC(=O)OCC(=O)c2ccc3c(c2)-c2ccccc2C3)cc1. The fourth-order valence-corrected chi connectivity index (χ4v) is 3.76. The van der Waals surface area contributed by atoms with Gasteiger partial charge in [-0.05, 0) is 57.9 Å². The third kappa shape index (κ3) is 4.69. The summed E-state index contributed by atoms with van der Waals surface area (Å²) in [6.45, 7) is 5.87. The molecule has 3 aromatic carbocycles. The Labute approximate surface area is 182 Å². The molecule has 0 N–H and O–H groups in total. The summed E-state index contributed by atoms with van der Waals surface area (Å²) in [4.78, 5) is 24.6. The van der Waals surface area contributed by atoms with Crippen molar-refractivity contribution in [3.05, 3.63) is 89.0 Å². The van der Waals surface area contributed by atoms with Crippen LogP contribution in [0, 0.1) is 0 Å². The minimum atomic E-state index is -0.570. The second-order valence-electron chi connectivity index (χ2n) is 8.85. The number of carbonyl (C=O) groups is 2. The Morgan fingerprint density at radius 2 is 1.55 bits per heavy atom. The lowest BCUT2D eigenvalue weighted by atomic mass is 9.87. The van der Waals surface area contributed by atoms with Crippen molar-refractivity contribution in [2.45, 2.75) is 32.6 Å². The highest BCUT2D eigenvalue weighted by atomic mass is 16.6. The molecule has 0 unspecified atom stereocenters. The molecule has 4 rings (SSSR count). The highest BCUT2D eigenvalue weighted by Gasteiger charge is 2.20. The Morgan fingerprint density at radius 1 is 0.839 bits per heavy atom. The monoisotopic (exact) mass is 414 g/mol. The van der Waals surface area contributed by atoms with Gasteiger partial charge >= 0.3 is 5.97 Å². The number of rotatable bonds is 6. The molecule has 0 aliphatic heterocycles. The lowest BCUT2D eigenvalue weighted by molar-refractivity contribution is -0.144. The summed E-state index contributed by atoms with van der Waals surface area (Å²) < 4.78 is 10.6. The van der Waals surface area contributed by atoms with E-state index in [4.69, 9.17) is 9.47 Å². The summed E-state index contributed by atoms with van der Waals surface area (Å²) in [6.07, 6.45) is 0.878. The van der Waals surface area contributed by atoms with Crippen molar-refractivity contribution >= 4 is 11.8 Å². The van der Waals surface area contributed by atoms with Crippen molar-refractivity contribution in [1.29, 1.82) is 0 Å². The Kier molecular flexibility index (Phi) is 5.64. The van der Waals surface area contributed by atoms with Crippen LogP contribution in [-0.4, -0.2) is 25.0 Å². The first-order valence-electron chi connectivity index (χ1n) is 10.4. The molecular formula is C27H26O4. The van der Waals surface area contributed by atoms with Gasteiger partial charge in [-0.1, -0.05) is 69.3 Å². The number of hydrogen-bond donors (Lipinski definition) is 0. The lowest BCUT2D eigenvalue weighted by Gasteiger charge is -2.19. The number of benzene rings is 3. The van der Waals surface area contributed by atoms with E-state index in [1.54, 1.807) is 6.07 Å². The van der Waals surface area contributed by atoms with Crippen molar-refractivity contribution in [1.82, 2.24) is 0 Å². The molecule has 0 amide bonds. The quantitative estimate of drug-likeness (QED) is 0.315. The number of ketones is 1. The van der Waals surface area contributed by atoms with E-state index in [0.29, 0.717) is 11.3 Å². The fourth-order valence-electron chi connectivity index (χ4n) is 3.76. The number of Topliss-reactive ketones (excluding diaryl/α,β-unsaturated/α-hetero) is 1. The summed E-state index contributed by atoms with van der Waals surface area (Å²) in [5.74, 6) is -0.205. The van der Waals surface area contributed by atoms with Crippen molar-refractivity contribution < 1.29 is 19.1 Å². The predicted molar refractivity (Wildman–Crippen MR) is 121 cm³/mol. The van der Waals surface area contributed by atoms with E-state index in [0.717, 1.165) is 17.5 Å². The van der Waals surface area contributed by atoms with Crippen LogP contribution in [0.1, 0.15) is 47.8 Å². The number of fused-ring (bicyclic) bond motifs is 3. The van der Waals surface area contributed by atoms with Crippen molar-refractivity contribution in [2.75, 3.05) is 13.2 Å².